The lowest BCUT2D eigenvalue weighted by atomic mass is 9.95. The topological polar surface area (TPSA) is 75.3 Å². The molecule has 1 N–H and O–H groups in total. The highest BCUT2D eigenvalue weighted by atomic mass is 35.5. The van der Waals surface area contributed by atoms with Gasteiger partial charge < -0.3 is 9.72 Å². The van der Waals surface area contributed by atoms with Gasteiger partial charge in [0.25, 0.3) is 0 Å². The van der Waals surface area contributed by atoms with Crippen LogP contribution in [-0.2, 0) is 11.2 Å². The summed E-state index contributed by atoms with van der Waals surface area (Å²) in [5, 5.41) is 3.82. The van der Waals surface area contributed by atoms with Crippen LogP contribution in [0.15, 0.2) is 48.0 Å². The van der Waals surface area contributed by atoms with Gasteiger partial charge in [0.1, 0.15) is 5.75 Å². The Morgan fingerprint density at radius 1 is 1.18 bits per heavy atom. The molecular formula is C26H26ClN3O3S. The third-order valence-electron chi connectivity index (χ3n) is 5.81. The Morgan fingerprint density at radius 3 is 2.59 bits per heavy atom. The number of nitrogens with one attached hydrogen (secondary N) is 1. The molecule has 0 saturated heterocycles. The van der Waals surface area contributed by atoms with Gasteiger partial charge in [0.05, 0.1) is 19.1 Å². The van der Waals surface area contributed by atoms with E-state index in [9.17, 15) is 9.59 Å². The van der Waals surface area contributed by atoms with Gasteiger partial charge >= 0.3 is 0 Å². The quantitative estimate of drug-likeness (QED) is 0.280. The summed E-state index contributed by atoms with van der Waals surface area (Å²) in [5.41, 5.74) is 3.35. The number of rotatable bonds is 9. The van der Waals surface area contributed by atoms with Crippen molar-refractivity contribution in [1.82, 2.24) is 9.97 Å². The number of hydrogen-bond acceptors (Lipinski definition) is 5. The summed E-state index contributed by atoms with van der Waals surface area (Å²) in [7, 11) is 1.54. The molecule has 0 saturated carbocycles. The van der Waals surface area contributed by atoms with Gasteiger partial charge in [-0.3, -0.25) is 14.5 Å². The molecule has 2 aromatic heterocycles. The first-order chi connectivity index (χ1) is 16.4. The number of nitrogens with zero attached hydrogens (tertiary/aromatic N) is 2. The van der Waals surface area contributed by atoms with Crippen LogP contribution in [0, 0.1) is 6.92 Å². The second kappa shape index (κ2) is 10.4. The first-order valence-corrected chi connectivity index (χ1v) is 12.4. The number of aromatic nitrogens is 2. The maximum absolute atomic E-state index is 13.6. The SMILES string of the molecule is CCCCN(C(=O)Cc1c(C)[nH]c2ccc(OC)c(C(=O)c3ccc(Cl)cc3)c12)c1nccs1. The molecule has 4 aromatic rings. The number of thiazole rings is 1. The van der Waals surface area contributed by atoms with Crippen molar-refractivity contribution in [2.75, 3.05) is 18.6 Å². The van der Waals surface area contributed by atoms with Crippen LogP contribution in [0.25, 0.3) is 10.9 Å². The Balaban J connectivity index is 1.80. The molecule has 8 heteroatoms. The molecule has 176 valence electrons. The maximum Gasteiger partial charge on any atom is 0.233 e. The van der Waals surface area contributed by atoms with Gasteiger partial charge in [-0.1, -0.05) is 24.9 Å². The van der Waals surface area contributed by atoms with Crippen LogP contribution in [0.5, 0.6) is 5.75 Å². The van der Waals surface area contributed by atoms with Crippen LogP contribution in [0.3, 0.4) is 0 Å². The zero-order chi connectivity index (χ0) is 24.2. The van der Waals surface area contributed by atoms with Crippen molar-refractivity contribution in [3.8, 4) is 5.75 Å². The van der Waals surface area contributed by atoms with Crippen molar-refractivity contribution in [2.45, 2.75) is 33.1 Å². The summed E-state index contributed by atoms with van der Waals surface area (Å²) in [4.78, 5) is 36.6. The molecule has 0 unspecified atom stereocenters. The van der Waals surface area contributed by atoms with E-state index in [1.165, 1.54) is 11.3 Å². The molecule has 4 rings (SSSR count). The summed E-state index contributed by atoms with van der Waals surface area (Å²) in [6.45, 7) is 4.62. The Morgan fingerprint density at radius 2 is 1.94 bits per heavy atom. The van der Waals surface area contributed by atoms with E-state index in [0.29, 0.717) is 39.0 Å². The molecule has 6 nitrogen and oxygen atoms in total. The summed E-state index contributed by atoms with van der Waals surface area (Å²) >= 11 is 7.47. The molecular weight excluding hydrogens is 470 g/mol. The Kier molecular flexibility index (Phi) is 7.34. The van der Waals surface area contributed by atoms with Crippen LogP contribution >= 0.6 is 22.9 Å². The zero-order valence-electron chi connectivity index (χ0n) is 19.4. The van der Waals surface area contributed by atoms with Crippen LogP contribution in [-0.4, -0.2) is 35.3 Å². The number of fused-ring (bicyclic) bond motifs is 1. The van der Waals surface area contributed by atoms with Crippen molar-refractivity contribution in [3.05, 3.63) is 75.4 Å². The molecule has 2 aromatic carbocycles. The molecule has 0 radical (unpaired) electrons. The van der Waals surface area contributed by atoms with Crippen molar-refractivity contribution in [1.29, 1.82) is 0 Å². The number of ether oxygens (including phenoxy) is 1. The van der Waals surface area contributed by atoms with Gasteiger partial charge in [-0.05, 0) is 55.3 Å². The fourth-order valence-electron chi connectivity index (χ4n) is 4.07. The lowest BCUT2D eigenvalue weighted by Gasteiger charge is -2.20. The maximum atomic E-state index is 13.6. The van der Waals surface area contributed by atoms with Crippen molar-refractivity contribution in [2.24, 2.45) is 0 Å². The lowest BCUT2D eigenvalue weighted by molar-refractivity contribution is -0.118. The van der Waals surface area contributed by atoms with Crippen molar-refractivity contribution in [3.63, 3.8) is 0 Å². The number of unbranched alkanes of at least 4 members (excludes halogenated alkanes) is 1. The largest absolute Gasteiger partial charge is 0.496 e. The Hall–Kier alpha value is -3.16. The third-order valence-corrected chi connectivity index (χ3v) is 6.86. The molecule has 34 heavy (non-hydrogen) atoms. The highest BCUT2D eigenvalue weighted by Gasteiger charge is 2.26. The number of ketones is 1. The normalized spacial score (nSPS) is 11.1. The number of methoxy groups -OCH3 is 1. The van der Waals surface area contributed by atoms with E-state index < -0.39 is 0 Å². The van der Waals surface area contributed by atoms with Gasteiger partial charge in [0.15, 0.2) is 10.9 Å². The van der Waals surface area contributed by atoms with E-state index in [0.717, 1.165) is 29.6 Å². The number of H-pyrrole nitrogens is 1. The van der Waals surface area contributed by atoms with Gasteiger partial charge in [0.2, 0.25) is 5.91 Å². The number of hydrogen-bond donors (Lipinski definition) is 1. The molecule has 0 aliphatic heterocycles. The Labute approximate surface area is 207 Å². The molecule has 1 amide bonds. The second-order valence-corrected chi connectivity index (χ2v) is 9.33. The smallest absolute Gasteiger partial charge is 0.233 e. The fraction of sp³-hybridized carbons (Fsp3) is 0.269. The van der Waals surface area contributed by atoms with E-state index >= 15 is 0 Å². The number of carbonyl (C=O) groups is 2. The van der Waals surface area contributed by atoms with E-state index in [1.54, 1.807) is 48.5 Å². The summed E-state index contributed by atoms with van der Waals surface area (Å²) in [6, 6.07) is 10.4. The van der Waals surface area contributed by atoms with E-state index in [1.807, 2.05) is 18.4 Å². The highest BCUT2D eigenvalue weighted by Crippen LogP contribution is 2.35. The number of anilines is 1. The highest BCUT2D eigenvalue weighted by molar-refractivity contribution is 7.13. The first kappa shape index (κ1) is 24.0. The van der Waals surface area contributed by atoms with Crippen LogP contribution in [0.2, 0.25) is 5.02 Å². The van der Waals surface area contributed by atoms with Crippen molar-refractivity contribution >= 4 is 50.7 Å². The minimum Gasteiger partial charge on any atom is -0.496 e. The van der Waals surface area contributed by atoms with Crippen LogP contribution in [0.1, 0.15) is 46.9 Å². The number of benzene rings is 2. The molecule has 0 bridgehead atoms. The van der Waals surface area contributed by atoms with Gasteiger partial charge in [-0.25, -0.2) is 4.98 Å². The standard InChI is InChI=1S/C26H26ClN3O3S/c1-4-5-13-30(26-28-12-14-34-26)22(31)15-19-16(2)29-20-10-11-21(33-3)24(23(19)20)25(32)17-6-8-18(27)9-7-17/h6-12,14,29H,4-5,13,15H2,1-3H3. The zero-order valence-corrected chi connectivity index (χ0v) is 20.9. The average molecular weight is 496 g/mol. The molecule has 0 fully saturated rings. The molecule has 2 heterocycles. The molecule has 0 aliphatic rings. The fourth-order valence-corrected chi connectivity index (χ4v) is 4.88. The lowest BCUT2D eigenvalue weighted by Crippen LogP contribution is -2.33. The second-order valence-electron chi connectivity index (χ2n) is 8.02. The predicted octanol–water partition coefficient (Wildman–Crippen LogP) is 6.20. The van der Waals surface area contributed by atoms with E-state index in [-0.39, 0.29) is 18.1 Å². The van der Waals surface area contributed by atoms with Gasteiger partial charge in [-0.2, -0.15) is 0 Å². The third kappa shape index (κ3) is 4.72. The molecule has 0 atom stereocenters. The van der Waals surface area contributed by atoms with Crippen LogP contribution in [0.4, 0.5) is 5.13 Å². The number of carbonyl (C=O) groups excluding carboxylic acids is 2. The summed E-state index contributed by atoms with van der Waals surface area (Å²) in [6.07, 6.45) is 3.70. The number of aromatic amines is 1. The molecule has 0 aliphatic carbocycles. The Bertz CT molecular complexity index is 1310. The monoisotopic (exact) mass is 495 g/mol. The van der Waals surface area contributed by atoms with Gasteiger partial charge in [-0.15, -0.1) is 11.3 Å². The predicted molar refractivity (Wildman–Crippen MR) is 138 cm³/mol. The van der Waals surface area contributed by atoms with E-state index in [2.05, 4.69) is 16.9 Å². The number of halogens is 1. The summed E-state index contributed by atoms with van der Waals surface area (Å²) < 4.78 is 5.58. The minimum absolute atomic E-state index is 0.0555. The van der Waals surface area contributed by atoms with E-state index in [4.69, 9.17) is 16.3 Å². The van der Waals surface area contributed by atoms with Crippen molar-refractivity contribution < 1.29 is 14.3 Å². The molecule has 0 spiro atoms. The first-order valence-electron chi connectivity index (χ1n) is 11.1. The number of aryl methyl sites for hydroxylation is 1. The summed E-state index contributed by atoms with van der Waals surface area (Å²) in [5.74, 6) is 0.220. The minimum atomic E-state index is -0.186. The van der Waals surface area contributed by atoms with Crippen LogP contribution < -0.4 is 9.64 Å². The van der Waals surface area contributed by atoms with Gasteiger partial charge in [0, 0.05) is 45.3 Å². The number of amides is 1. The average Bonchev–Trinajstić information content (AvgIpc) is 3.47.